The number of benzene rings is 1. The first-order chi connectivity index (χ1) is 9.94. The van der Waals surface area contributed by atoms with Crippen molar-refractivity contribution in [2.45, 2.75) is 71.9 Å². The smallest absolute Gasteiger partial charge is 0.120 e. The zero-order chi connectivity index (χ0) is 15.5. The summed E-state index contributed by atoms with van der Waals surface area (Å²) in [5, 5.41) is 3.70. The average Bonchev–Trinajstić information content (AvgIpc) is 2.72. The van der Waals surface area contributed by atoms with Gasteiger partial charge >= 0.3 is 0 Å². The molecular weight excluding hydrogens is 258 g/mol. The van der Waals surface area contributed by atoms with E-state index in [0.717, 1.165) is 18.7 Å². The Labute approximate surface area is 130 Å². The molecule has 118 valence electrons. The van der Waals surface area contributed by atoms with Crippen molar-refractivity contribution in [1.82, 2.24) is 5.32 Å². The Hall–Kier alpha value is -1.02. The monoisotopic (exact) mass is 289 g/mol. The molecular formula is C19H31NO. The average molecular weight is 289 g/mol. The highest BCUT2D eigenvalue weighted by Crippen LogP contribution is 2.39. The first-order valence-electron chi connectivity index (χ1n) is 8.44. The molecule has 2 heteroatoms. The maximum atomic E-state index is 6.35. The lowest BCUT2D eigenvalue weighted by Crippen LogP contribution is -2.47. The van der Waals surface area contributed by atoms with Crippen LogP contribution in [0.2, 0.25) is 0 Å². The van der Waals surface area contributed by atoms with Gasteiger partial charge in [0.2, 0.25) is 0 Å². The molecule has 0 aliphatic heterocycles. The fourth-order valence-corrected chi connectivity index (χ4v) is 3.30. The van der Waals surface area contributed by atoms with Crippen molar-refractivity contribution < 1.29 is 4.74 Å². The van der Waals surface area contributed by atoms with Crippen molar-refractivity contribution in [2.75, 3.05) is 6.54 Å². The largest absolute Gasteiger partial charge is 0.489 e. The number of hydrogen-bond donors (Lipinski definition) is 1. The molecule has 0 heterocycles. The molecule has 0 saturated heterocycles. The molecule has 1 aromatic carbocycles. The van der Waals surface area contributed by atoms with Crippen molar-refractivity contribution in [1.29, 1.82) is 0 Å². The van der Waals surface area contributed by atoms with Gasteiger partial charge in [0.05, 0.1) is 0 Å². The van der Waals surface area contributed by atoms with Crippen LogP contribution in [-0.2, 0) is 0 Å². The second kappa shape index (κ2) is 6.83. The van der Waals surface area contributed by atoms with Gasteiger partial charge in [-0.05, 0) is 54.8 Å². The minimum absolute atomic E-state index is 0.286. The third kappa shape index (κ3) is 4.00. The SMILES string of the molecule is CCCNC1C(Oc2cccc(C(C)C)c2)CCC1(C)C. The quantitative estimate of drug-likeness (QED) is 0.816. The van der Waals surface area contributed by atoms with Gasteiger partial charge < -0.3 is 10.1 Å². The summed E-state index contributed by atoms with van der Waals surface area (Å²) in [7, 11) is 0. The molecule has 1 N–H and O–H groups in total. The highest BCUT2D eigenvalue weighted by Gasteiger charge is 2.42. The second-order valence-corrected chi connectivity index (χ2v) is 7.34. The van der Waals surface area contributed by atoms with Gasteiger partial charge in [0, 0.05) is 6.04 Å². The van der Waals surface area contributed by atoms with Gasteiger partial charge in [0.25, 0.3) is 0 Å². The van der Waals surface area contributed by atoms with E-state index in [-0.39, 0.29) is 6.10 Å². The summed E-state index contributed by atoms with van der Waals surface area (Å²) < 4.78 is 6.35. The van der Waals surface area contributed by atoms with Crippen molar-refractivity contribution in [2.24, 2.45) is 5.41 Å². The lowest BCUT2D eigenvalue weighted by Gasteiger charge is -2.31. The molecule has 0 bridgehead atoms. The van der Waals surface area contributed by atoms with Crippen molar-refractivity contribution in [3.8, 4) is 5.75 Å². The van der Waals surface area contributed by atoms with Crippen LogP contribution in [0.4, 0.5) is 0 Å². The molecule has 0 radical (unpaired) electrons. The Balaban J connectivity index is 2.08. The highest BCUT2D eigenvalue weighted by molar-refractivity contribution is 5.30. The lowest BCUT2D eigenvalue weighted by atomic mass is 9.87. The zero-order valence-corrected chi connectivity index (χ0v) is 14.3. The molecule has 0 aromatic heterocycles. The van der Waals surface area contributed by atoms with Crippen LogP contribution in [-0.4, -0.2) is 18.7 Å². The van der Waals surface area contributed by atoms with Crippen LogP contribution in [0.15, 0.2) is 24.3 Å². The van der Waals surface area contributed by atoms with Crippen molar-refractivity contribution >= 4 is 0 Å². The summed E-state index contributed by atoms with van der Waals surface area (Å²) in [6.45, 7) is 12.5. The maximum absolute atomic E-state index is 6.35. The zero-order valence-electron chi connectivity index (χ0n) is 14.3. The van der Waals surface area contributed by atoms with Gasteiger partial charge in [0.1, 0.15) is 11.9 Å². The van der Waals surface area contributed by atoms with Crippen LogP contribution in [0.1, 0.15) is 65.4 Å². The third-order valence-electron chi connectivity index (χ3n) is 4.71. The Morgan fingerprint density at radius 2 is 2.10 bits per heavy atom. The van der Waals surface area contributed by atoms with Gasteiger partial charge in [-0.15, -0.1) is 0 Å². The molecule has 2 rings (SSSR count). The topological polar surface area (TPSA) is 21.3 Å². The van der Waals surface area contributed by atoms with Crippen LogP contribution in [0, 0.1) is 5.41 Å². The molecule has 1 aliphatic carbocycles. The van der Waals surface area contributed by atoms with Gasteiger partial charge in [0.15, 0.2) is 0 Å². The molecule has 1 aliphatic rings. The van der Waals surface area contributed by atoms with E-state index in [1.54, 1.807) is 0 Å². The van der Waals surface area contributed by atoms with Crippen LogP contribution >= 0.6 is 0 Å². The van der Waals surface area contributed by atoms with E-state index >= 15 is 0 Å². The normalized spacial score (nSPS) is 24.5. The van der Waals surface area contributed by atoms with Gasteiger partial charge in [-0.1, -0.05) is 46.8 Å². The van der Waals surface area contributed by atoms with Gasteiger partial charge in [-0.2, -0.15) is 0 Å². The second-order valence-electron chi connectivity index (χ2n) is 7.34. The summed E-state index contributed by atoms with van der Waals surface area (Å²) in [5.74, 6) is 1.56. The summed E-state index contributed by atoms with van der Waals surface area (Å²) in [5.41, 5.74) is 1.66. The fourth-order valence-electron chi connectivity index (χ4n) is 3.30. The van der Waals surface area contributed by atoms with Crippen molar-refractivity contribution in [3.05, 3.63) is 29.8 Å². The van der Waals surface area contributed by atoms with E-state index in [1.165, 1.54) is 18.4 Å². The summed E-state index contributed by atoms with van der Waals surface area (Å²) >= 11 is 0. The molecule has 2 nitrogen and oxygen atoms in total. The number of ether oxygens (including phenoxy) is 1. The summed E-state index contributed by atoms with van der Waals surface area (Å²) in [4.78, 5) is 0. The van der Waals surface area contributed by atoms with Crippen LogP contribution < -0.4 is 10.1 Å². The standard InChI is InChI=1S/C19H31NO/c1-6-12-20-18-17(10-11-19(18,4)5)21-16-9-7-8-15(13-16)14(2)3/h7-9,13-14,17-18,20H,6,10-12H2,1-5H3. The van der Waals surface area contributed by atoms with Crippen LogP contribution in [0.5, 0.6) is 5.75 Å². The van der Waals surface area contributed by atoms with Gasteiger partial charge in [-0.25, -0.2) is 0 Å². The predicted molar refractivity (Wildman–Crippen MR) is 90.0 cm³/mol. The lowest BCUT2D eigenvalue weighted by molar-refractivity contribution is 0.140. The Morgan fingerprint density at radius 3 is 2.76 bits per heavy atom. The molecule has 2 atom stereocenters. The van der Waals surface area contributed by atoms with E-state index in [0.29, 0.717) is 17.4 Å². The Morgan fingerprint density at radius 1 is 1.33 bits per heavy atom. The fraction of sp³-hybridized carbons (Fsp3) is 0.684. The van der Waals surface area contributed by atoms with E-state index in [9.17, 15) is 0 Å². The molecule has 0 spiro atoms. The molecule has 1 fully saturated rings. The minimum atomic E-state index is 0.286. The predicted octanol–water partition coefficient (Wildman–Crippen LogP) is 4.75. The Kier molecular flexibility index (Phi) is 5.32. The summed E-state index contributed by atoms with van der Waals surface area (Å²) in [6, 6.07) is 9.03. The Bertz CT molecular complexity index is 453. The molecule has 2 unspecified atom stereocenters. The number of rotatable bonds is 6. The number of nitrogens with one attached hydrogen (secondary N) is 1. The molecule has 1 saturated carbocycles. The highest BCUT2D eigenvalue weighted by atomic mass is 16.5. The molecule has 21 heavy (non-hydrogen) atoms. The first-order valence-corrected chi connectivity index (χ1v) is 8.44. The third-order valence-corrected chi connectivity index (χ3v) is 4.71. The van der Waals surface area contributed by atoms with E-state index in [1.807, 2.05) is 0 Å². The van der Waals surface area contributed by atoms with E-state index in [2.05, 4.69) is 64.2 Å². The van der Waals surface area contributed by atoms with E-state index in [4.69, 9.17) is 4.74 Å². The molecule has 0 amide bonds. The van der Waals surface area contributed by atoms with Crippen molar-refractivity contribution in [3.63, 3.8) is 0 Å². The summed E-state index contributed by atoms with van der Waals surface area (Å²) in [6.07, 6.45) is 3.82. The minimum Gasteiger partial charge on any atom is -0.489 e. The number of hydrogen-bond acceptors (Lipinski definition) is 2. The van der Waals surface area contributed by atoms with Crippen LogP contribution in [0.25, 0.3) is 0 Å². The maximum Gasteiger partial charge on any atom is 0.120 e. The van der Waals surface area contributed by atoms with Crippen LogP contribution in [0.3, 0.4) is 0 Å². The van der Waals surface area contributed by atoms with Gasteiger partial charge in [-0.3, -0.25) is 0 Å². The first kappa shape index (κ1) is 16.4. The molecule has 1 aromatic rings. The van der Waals surface area contributed by atoms with E-state index < -0.39 is 0 Å².